The van der Waals surface area contributed by atoms with Gasteiger partial charge in [0, 0.05) is 12.0 Å². The zero-order chi connectivity index (χ0) is 10.1. The molecule has 1 aromatic heterocycles. The fraction of sp³-hybridized carbons (Fsp3) is 0.444. The SMILES string of the molecule is CC(C)(N)CC(=O)c1ccc(Br)s1. The molecule has 0 aliphatic heterocycles. The Balaban J connectivity index is 2.70. The van der Waals surface area contributed by atoms with E-state index in [1.165, 1.54) is 11.3 Å². The van der Waals surface area contributed by atoms with Crippen molar-refractivity contribution in [1.29, 1.82) is 0 Å². The highest BCUT2D eigenvalue weighted by Gasteiger charge is 2.18. The van der Waals surface area contributed by atoms with Crippen LogP contribution in [-0.2, 0) is 0 Å². The summed E-state index contributed by atoms with van der Waals surface area (Å²) in [6.07, 6.45) is 0.389. The van der Waals surface area contributed by atoms with Crippen molar-refractivity contribution in [2.75, 3.05) is 0 Å². The van der Waals surface area contributed by atoms with Gasteiger partial charge in [-0.1, -0.05) is 0 Å². The zero-order valence-corrected chi connectivity index (χ0v) is 10.0. The smallest absolute Gasteiger partial charge is 0.174 e. The second kappa shape index (κ2) is 3.90. The van der Waals surface area contributed by atoms with Crippen LogP contribution in [-0.4, -0.2) is 11.3 Å². The lowest BCUT2D eigenvalue weighted by Gasteiger charge is -2.16. The van der Waals surface area contributed by atoms with Crippen molar-refractivity contribution in [1.82, 2.24) is 0 Å². The summed E-state index contributed by atoms with van der Waals surface area (Å²) in [6, 6.07) is 3.70. The number of halogens is 1. The standard InChI is InChI=1S/C9H12BrNOS/c1-9(2,11)5-6(12)7-3-4-8(10)13-7/h3-4H,5,11H2,1-2H3. The lowest BCUT2D eigenvalue weighted by atomic mass is 9.99. The molecule has 0 amide bonds. The van der Waals surface area contributed by atoms with E-state index in [9.17, 15) is 4.79 Å². The van der Waals surface area contributed by atoms with Crippen molar-refractivity contribution < 1.29 is 4.79 Å². The van der Waals surface area contributed by atoms with Crippen LogP contribution in [0.15, 0.2) is 15.9 Å². The summed E-state index contributed by atoms with van der Waals surface area (Å²) in [5.74, 6) is 0.114. The first-order valence-electron chi connectivity index (χ1n) is 3.96. The largest absolute Gasteiger partial charge is 0.325 e. The Morgan fingerprint density at radius 1 is 1.62 bits per heavy atom. The molecule has 0 unspecified atom stereocenters. The molecule has 0 bridgehead atoms. The van der Waals surface area contributed by atoms with Crippen LogP contribution >= 0.6 is 27.3 Å². The number of carbonyl (C=O) groups is 1. The average molecular weight is 262 g/mol. The van der Waals surface area contributed by atoms with Gasteiger partial charge in [0.2, 0.25) is 0 Å². The van der Waals surface area contributed by atoms with Gasteiger partial charge in [0.1, 0.15) is 0 Å². The molecule has 2 nitrogen and oxygen atoms in total. The maximum absolute atomic E-state index is 11.6. The van der Waals surface area contributed by atoms with Crippen molar-refractivity contribution in [2.24, 2.45) is 5.73 Å². The van der Waals surface area contributed by atoms with E-state index in [2.05, 4.69) is 15.9 Å². The van der Waals surface area contributed by atoms with E-state index >= 15 is 0 Å². The molecule has 0 aliphatic rings. The normalized spacial score (nSPS) is 11.7. The van der Waals surface area contributed by atoms with E-state index in [1.54, 1.807) is 0 Å². The summed E-state index contributed by atoms with van der Waals surface area (Å²) in [5.41, 5.74) is 5.33. The number of carbonyl (C=O) groups excluding carboxylic acids is 1. The van der Waals surface area contributed by atoms with E-state index in [0.29, 0.717) is 6.42 Å². The Labute approximate surface area is 90.3 Å². The molecule has 0 aliphatic carbocycles. The number of hydrogen-bond donors (Lipinski definition) is 1. The van der Waals surface area contributed by atoms with Crippen molar-refractivity contribution >= 4 is 33.0 Å². The first-order valence-corrected chi connectivity index (χ1v) is 5.57. The van der Waals surface area contributed by atoms with Gasteiger partial charge in [0.05, 0.1) is 8.66 Å². The van der Waals surface area contributed by atoms with Crippen LogP contribution < -0.4 is 5.73 Å². The van der Waals surface area contributed by atoms with E-state index in [0.717, 1.165) is 8.66 Å². The van der Waals surface area contributed by atoms with Crippen LogP contribution in [0.3, 0.4) is 0 Å². The molecule has 0 spiro atoms. The quantitative estimate of drug-likeness (QED) is 0.851. The van der Waals surface area contributed by atoms with Gasteiger partial charge in [-0.3, -0.25) is 4.79 Å². The molecule has 1 rings (SSSR count). The fourth-order valence-electron chi connectivity index (χ4n) is 0.965. The molecule has 0 saturated carbocycles. The third-order valence-electron chi connectivity index (χ3n) is 1.46. The Bertz CT molecular complexity index is 314. The van der Waals surface area contributed by atoms with Crippen LogP contribution in [0, 0.1) is 0 Å². The molecule has 1 aromatic rings. The summed E-state index contributed by atoms with van der Waals surface area (Å²) < 4.78 is 0.977. The Kier molecular flexibility index (Phi) is 3.27. The van der Waals surface area contributed by atoms with Gasteiger partial charge in [-0.05, 0) is 41.9 Å². The highest BCUT2D eigenvalue weighted by Crippen LogP contribution is 2.24. The summed E-state index contributed by atoms with van der Waals surface area (Å²) in [5, 5.41) is 0. The highest BCUT2D eigenvalue weighted by atomic mass is 79.9. The van der Waals surface area contributed by atoms with Gasteiger partial charge < -0.3 is 5.73 Å². The van der Waals surface area contributed by atoms with Crippen molar-refractivity contribution in [3.05, 3.63) is 20.8 Å². The fourth-order valence-corrected chi connectivity index (χ4v) is 2.29. The monoisotopic (exact) mass is 261 g/mol. The molecule has 0 radical (unpaired) electrons. The van der Waals surface area contributed by atoms with E-state index in [-0.39, 0.29) is 5.78 Å². The topological polar surface area (TPSA) is 43.1 Å². The molecular weight excluding hydrogens is 250 g/mol. The Hall–Kier alpha value is -0.190. The predicted octanol–water partition coefficient (Wildman–Crippen LogP) is 2.82. The molecule has 13 heavy (non-hydrogen) atoms. The van der Waals surface area contributed by atoms with E-state index in [4.69, 9.17) is 5.73 Å². The average Bonchev–Trinajstić information content (AvgIpc) is 2.31. The van der Waals surface area contributed by atoms with Crippen molar-refractivity contribution in [2.45, 2.75) is 25.8 Å². The summed E-state index contributed by atoms with van der Waals surface area (Å²) in [7, 11) is 0. The maximum atomic E-state index is 11.6. The number of nitrogens with two attached hydrogens (primary N) is 1. The molecule has 72 valence electrons. The van der Waals surface area contributed by atoms with Gasteiger partial charge in [-0.25, -0.2) is 0 Å². The lowest BCUT2D eigenvalue weighted by molar-refractivity contribution is 0.0964. The highest BCUT2D eigenvalue weighted by molar-refractivity contribution is 9.11. The first kappa shape index (κ1) is 10.9. The van der Waals surface area contributed by atoms with Crippen molar-refractivity contribution in [3.8, 4) is 0 Å². The summed E-state index contributed by atoms with van der Waals surface area (Å²) >= 11 is 4.76. The number of hydrogen-bond acceptors (Lipinski definition) is 3. The molecular formula is C9H12BrNOS. The molecule has 0 aromatic carbocycles. The molecule has 2 N–H and O–H groups in total. The molecule has 0 atom stereocenters. The van der Waals surface area contributed by atoms with Crippen molar-refractivity contribution in [3.63, 3.8) is 0 Å². The van der Waals surface area contributed by atoms with E-state index < -0.39 is 5.54 Å². The third-order valence-corrected chi connectivity index (χ3v) is 3.13. The second-order valence-corrected chi connectivity index (χ2v) is 6.16. The number of Topliss-reactive ketones (excluding diaryl/α,β-unsaturated/α-hetero) is 1. The van der Waals surface area contributed by atoms with Gasteiger partial charge in [0.25, 0.3) is 0 Å². The van der Waals surface area contributed by atoms with Crippen LogP contribution in [0.4, 0.5) is 0 Å². The minimum Gasteiger partial charge on any atom is -0.325 e. The second-order valence-electron chi connectivity index (χ2n) is 3.69. The van der Waals surface area contributed by atoms with Gasteiger partial charge in [-0.2, -0.15) is 0 Å². The summed E-state index contributed by atoms with van der Waals surface area (Å²) in [4.78, 5) is 12.4. The minimum atomic E-state index is -0.423. The van der Waals surface area contributed by atoms with Crippen LogP contribution in [0.1, 0.15) is 29.9 Å². The van der Waals surface area contributed by atoms with Gasteiger partial charge in [-0.15, -0.1) is 11.3 Å². The van der Waals surface area contributed by atoms with Gasteiger partial charge >= 0.3 is 0 Å². The number of rotatable bonds is 3. The third kappa shape index (κ3) is 3.58. The Morgan fingerprint density at radius 3 is 2.62 bits per heavy atom. The Morgan fingerprint density at radius 2 is 2.23 bits per heavy atom. The van der Waals surface area contributed by atoms with Crippen LogP contribution in [0.2, 0.25) is 0 Å². The molecule has 1 heterocycles. The van der Waals surface area contributed by atoms with Crippen LogP contribution in [0.5, 0.6) is 0 Å². The number of thiophene rings is 1. The first-order chi connectivity index (χ1) is 5.88. The predicted molar refractivity (Wildman–Crippen MR) is 59.2 cm³/mol. The number of ketones is 1. The van der Waals surface area contributed by atoms with E-state index in [1.807, 2.05) is 26.0 Å². The molecule has 0 fully saturated rings. The maximum Gasteiger partial charge on any atom is 0.174 e. The molecule has 4 heteroatoms. The zero-order valence-electron chi connectivity index (χ0n) is 7.63. The molecule has 0 saturated heterocycles. The summed E-state index contributed by atoms with van der Waals surface area (Å²) in [6.45, 7) is 3.71. The minimum absolute atomic E-state index is 0.114. The lowest BCUT2D eigenvalue weighted by Crippen LogP contribution is -2.34. The van der Waals surface area contributed by atoms with Gasteiger partial charge in [0.15, 0.2) is 5.78 Å². The van der Waals surface area contributed by atoms with Crippen LogP contribution in [0.25, 0.3) is 0 Å².